The summed E-state index contributed by atoms with van der Waals surface area (Å²) < 4.78 is 11.6. The molecule has 124 valence electrons. The zero-order valence-corrected chi connectivity index (χ0v) is 15.2. The van der Waals surface area contributed by atoms with Gasteiger partial charge in [0.05, 0.1) is 18.2 Å². The highest BCUT2D eigenvalue weighted by Crippen LogP contribution is 2.36. The third-order valence-corrected chi connectivity index (χ3v) is 4.00. The molecule has 1 saturated heterocycles. The monoisotopic (exact) mass is 392 g/mol. The van der Waals surface area contributed by atoms with Crippen molar-refractivity contribution in [2.45, 2.75) is 25.8 Å². The largest absolute Gasteiger partial charge is 0.493 e. The Balaban J connectivity index is 0.00000242. The SMILES string of the molecule is CCOc1c(Br)cc(C(=O)NC2CCCNC2)cc1OC.Cl. The van der Waals surface area contributed by atoms with E-state index in [4.69, 9.17) is 9.47 Å². The van der Waals surface area contributed by atoms with Gasteiger partial charge in [-0.2, -0.15) is 0 Å². The first-order chi connectivity index (χ1) is 10.2. The smallest absolute Gasteiger partial charge is 0.251 e. The summed E-state index contributed by atoms with van der Waals surface area (Å²) in [4.78, 5) is 12.3. The van der Waals surface area contributed by atoms with Crippen LogP contribution < -0.4 is 20.1 Å². The van der Waals surface area contributed by atoms with E-state index in [1.807, 2.05) is 6.92 Å². The molecule has 1 atom stereocenters. The summed E-state index contributed by atoms with van der Waals surface area (Å²) in [5, 5.41) is 6.33. The van der Waals surface area contributed by atoms with Gasteiger partial charge in [-0.3, -0.25) is 4.79 Å². The number of hydrogen-bond acceptors (Lipinski definition) is 4. The molecule has 0 bridgehead atoms. The minimum atomic E-state index is -0.0919. The van der Waals surface area contributed by atoms with Crippen molar-refractivity contribution in [2.75, 3.05) is 26.8 Å². The van der Waals surface area contributed by atoms with Crippen LogP contribution in [0.25, 0.3) is 0 Å². The van der Waals surface area contributed by atoms with E-state index >= 15 is 0 Å². The van der Waals surface area contributed by atoms with E-state index < -0.39 is 0 Å². The standard InChI is InChI=1S/C15H21BrN2O3.ClH/c1-3-21-14-12(16)7-10(8-13(14)20-2)15(19)18-11-5-4-6-17-9-11;/h7-8,11,17H,3-6,9H2,1-2H3,(H,18,19);1H. The van der Waals surface area contributed by atoms with E-state index in [9.17, 15) is 4.79 Å². The molecule has 0 radical (unpaired) electrons. The predicted molar refractivity (Wildman–Crippen MR) is 92.5 cm³/mol. The van der Waals surface area contributed by atoms with E-state index in [0.29, 0.717) is 23.7 Å². The van der Waals surface area contributed by atoms with Gasteiger partial charge in [0.15, 0.2) is 11.5 Å². The zero-order chi connectivity index (χ0) is 15.2. The molecule has 0 spiro atoms. The molecule has 1 aliphatic heterocycles. The highest BCUT2D eigenvalue weighted by molar-refractivity contribution is 9.10. The summed E-state index contributed by atoms with van der Waals surface area (Å²) in [6, 6.07) is 3.66. The molecule has 1 amide bonds. The van der Waals surface area contributed by atoms with E-state index in [0.717, 1.165) is 30.4 Å². The molecular weight excluding hydrogens is 372 g/mol. The van der Waals surface area contributed by atoms with Gasteiger partial charge in [-0.05, 0) is 54.4 Å². The van der Waals surface area contributed by atoms with E-state index in [1.165, 1.54) is 0 Å². The van der Waals surface area contributed by atoms with Crippen molar-refractivity contribution in [1.29, 1.82) is 0 Å². The summed E-state index contributed by atoms with van der Waals surface area (Å²) in [7, 11) is 1.57. The van der Waals surface area contributed by atoms with Crippen LogP contribution in [0.5, 0.6) is 11.5 Å². The van der Waals surface area contributed by atoms with Crippen LogP contribution in [0.1, 0.15) is 30.1 Å². The van der Waals surface area contributed by atoms with Crippen LogP contribution in [0, 0.1) is 0 Å². The van der Waals surface area contributed by atoms with Crippen LogP contribution in [0.4, 0.5) is 0 Å². The van der Waals surface area contributed by atoms with Gasteiger partial charge in [0.25, 0.3) is 5.91 Å². The van der Waals surface area contributed by atoms with Crippen LogP contribution in [0.3, 0.4) is 0 Å². The third kappa shape index (κ3) is 4.76. The Bertz CT molecular complexity index is 508. The third-order valence-electron chi connectivity index (χ3n) is 3.41. The lowest BCUT2D eigenvalue weighted by Crippen LogP contribution is -2.45. The molecule has 0 aromatic heterocycles. The first kappa shape index (κ1) is 19.1. The maximum absolute atomic E-state index is 12.3. The molecule has 1 heterocycles. The number of piperidine rings is 1. The molecule has 1 unspecified atom stereocenters. The topological polar surface area (TPSA) is 59.6 Å². The normalized spacial score (nSPS) is 17.3. The second kappa shape index (κ2) is 9.22. The van der Waals surface area contributed by atoms with Gasteiger partial charge in [-0.25, -0.2) is 0 Å². The Labute approximate surface area is 145 Å². The molecule has 22 heavy (non-hydrogen) atoms. The van der Waals surface area contributed by atoms with Crippen molar-refractivity contribution in [3.05, 3.63) is 22.2 Å². The van der Waals surface area contributed by atoms with E-state index in [-0.39, 0.29) is 24.4 Å². The number of rotatable bonds is 5. The van der Waals surface area contributed by atoms with Gasteiger partial charge in [-0.15, -0.1) is 12.4 Å². The molecule has 5 nitrogen and oxygen atoms in total. The first-order valence-corrected chi connectivity index (χ1v) is 7.97. The van der Waals surface area contributed by atoms with Crippen LogP contribution in [-0.2, 0) is 0 Å². The van der Waals surface area contributed by atoms with Crippen molar-refractivity contribution in [3.8, 4) is 11.5 Å². The fraction of sp³-hybridized carbons (Fsp3) is 0.533. The maximum atomic E-state index is 12.3. The van der Waals surface area contributed by atoms with Crippen LogP contribution in [-0.4, -0.2) is 38.8 Å². The van der Waals surface area contributed by atoms with Gasteiger partial charge in [0.2, 0.25) is 0 Å². The summed E-state index contributed by atoms with van der Waals surface area (Å²) >= 11 is 3.44. The Kier molecular flexibility index (Phi) is 8.00. The first-order valence-electron chi connectivity index (χ1n) is 7.17. The van der Waals surface area contributed by atoms with Crippen LogP contribution >= 0.6 is 28.3 Å². The fourth-order valence-corrected chi connectivity index (χ4v) is 2.94. The van der Waals surface area contributed by atoms with Crippen molar-refractivity contribution in [2.24, 2.45) is 0 Å². The number of benzene rings is 1. The molecule has 1 fully saturated rings. The predicted octanol–water partition coefficient (Wildman–Crippen LogP) is 2.76. The quantitative estimate of drug-likeness (QED) is 0.807. The molecule has 2 rings (SSSR count). The average molecular weight is 394 g/mol. The number of amides is 1. The molecule has 1 aromatic carbocycles. The Morgan fingerprint density at radius 2 is 2.27 bits per heavy atom. The Morgan fingerprint density at radius 3 is 2.86 bits per heavy atom. The van der Waals surface area contributed by atoms with Gasteiger partial charge >= 0.3 is 0 Å². The van der Waals surface area contributed by atoms with Crippen molar-refractivity contribution < 1.29 is 14.3 Å². The number of nitrogens with one attached hydrogen (secondary N) is 2. The second-order valence-corrected chi connectivity index (χ2v) is 5.79. The van der Waals surface area contributed by atoms with E-state index in [2.05, 4.69) is 26.6 Å². The lowest BCUT2D eigenvalue weighted by atomic mass is 10.1. The summed E-state index contributed by atoms with van der Waals surface area (Å²) in [6.07, 6.45) is 2.09. The molecular formula is C15H22BrClN2O3. The second-order valence-electron chi connectivity index (χ2n) is 4.94. The minimum absolute atomic E-state index is 0. The zero-order valence-electron chi connectivity index (χ0n) is 12.8. The number of carbonyl (C=O) groups is 1. The highest BCUT2D eigenvalue weighted by Gasteiger charge is 2.19. The van der Waals surface area contributed by atoms with E-state index in [1.54, 1.807) is 19.2 Å². The lowest BCUT2D eigenvalue weighted by molar-refractivity contribution is 0.0930. The summed E-state index contributed by atoms with van der Waals surface area (Å²) in [6.45, 7) is 4.28. The Hall–Kier alpha value is -0.980. The van der Waals surface area contributed by atoms with Crippen molar-refractivity contribution >= 4 is 34.2 Å². The highest BCUT2D eigenvalue weighted by atomic mass is 79.9. The van der Waals surface area contributed by atoms with Gasteiger partial charge in [-0.1, -0.05) is 0 Å². The minimum Gasteiger partial charge on any atom is -0.493 e. The number of halogens is 2. The number of hydrogen-bond donors (Lipinski definition) is 2. The molecule has 0 saturated carbocycles. The number of carbonyl (C=O) groups excluding carboxylic acids is 1. The molecule has 7 heteroatoms. The van der Waals surface area contributed by atoms with Gasteiger partial charge < -0.3 is 20.1 Å². The molecule has 1 aromatic rings. The average Bonchev–Trinajstić information content (AvgIpc) is 2.50. The maximum Gasteiger partial charge on any atom is 0.251 e. The summed E-state index contributed by atoms with van der Waals surface area (Å²) in [5.74, 6) is 1.08. The lowest BCUT2D eigenvalue weighted by Gasteiger charge is -2.24. The van der Waals surface area contributed by atoms with Crippen LogP contribution in [0.2, 0.25) is 0 Å². The Morgan fingerprint density at radius 1 is 1.50 bits per heavy atom. The fourth-order valence-electron chi connectivity index (χ4n) is 2.38. The summed E-state index contributed by atoms with van der Waals surface area (Å²) in [5.41, 5.74) is 0.563. The molecule has 1 aliphatic rings. The molecule has 2 N–H and O–H groups in total. The van der Waals surface area contributed by atoms with Crippen molar-refractivity contribution in [3.63, 3.8) is 0 Å². The van der Waals surface area contributed by atoms with Gasteiger partial charge in [0.1, 0.15) is 0 Å². The number of methoxy groups -OCH3 is 1. The molecule has 0 aliphatic carbocycles. The van der Waals surface area contributed by atoms with Crippen molar-refractivity contribution in [1.82, 2.24) is 10.6 Å². The number of ether oxygens (including phenoxy) is 2. The van der Waals surface area contributed by atoms with Gasteiger partial charge in [0, 0.05) is 18.2 Å². The van der Waals surface area contributed by atoms with Crippen LogP contribution in [0.15, 0.2) is 16.6 Å².